The van der Waals surface area contributed by atoms with Crippen molar-refractivity contribution in [1.82, 2.24) is 10.2 Å². The zero-order valence-corrected chi connectivity index (χ0v) is 11.2. The summed E-state index contributed by atoms with van der Waals surface area (Å²) in [6, 6.07) is 4.21. The Hall–Kier alpha value is -0.520. The van der Waals surface area contributed by atoms with Crippen LogP contribution >= 0.6 is 23.1 Å². The Balaban J connectivity index is 1.91. The van der Waals surface area contributed by atoms with Gasteiger partial charge in [-0.05, 0) is 19.1 Å². The molecule has 1 amide bonds. The van der Waals surface area contributed by atoms with Crippen molar-refractivity contribution in [2.24, 2.45) is 0 Å². The van der Waals surface area contributed by atoms with E-state index in [9.17, 15) is 4.79 Å². The van der Waals surface area contributed by atoms with Crippen LogP contribution in [0.2, 0.25) is 0 Å². The molecule has 1 aliphatic rings. The summed E-state index contributed by atoms with van der Waals surface area (Å²) in [5.74, 6) is 1.99. The number of carbonyl (C=O) groups excluding carboxylic acids is 1. The predicted octanol–water partition coefficient (Wildman–Crippen LogP) is 1.68. The van der Waals surface area contributed by atoms with Crippen molar-refractivity contribution < 1.29 is 4.79 Å². The van der Waals surface area contributed by atoms with Crippen molar-refractivity contribution >= 4 is 29.0 Å². The number of thiophene rings is 1. The van der Waals surface area contributed by atoms with Crippen molar-refractivity contribution in [3.63, 3.8) is 0 Å². The highest BCUT2D eigenvalue weighted by molar-refractivity contribution is 7.99. The lowest BCUT2D eigenvalue weighted by atomic mass is 10.3. The van der Waals surface area contributed by atoms with E-state index in [1.807, 2.05) is 11.9 Å². The van der Waals surface area contributed by atoms with E-state index in [-0.39, 0.29) is 11.9 Å². The number of rotatable bonds is 3. The third-order valence-corrected chi connectivity index (χ3v) is 4.50. The van der Waals surface area contributed by atoms with Gasteiger partial charge in [0.25, 0.3) is 0 Å². The van der Waals surface area contributed by atoms with Gasteiger partial charge in [-0.2, -0.15) is 0 Å². The molecule has 1 unspecified atom stereocenters. The molecule has 0 aliphatic carbocycles. The van der Waals surface area contributed by atoms with Crippen LogP contribution in [0.3, 0.4) is 0 Å². The van der Waals surface area contributed by atoms with Gasteiger partial charge in [-0.1, -0.05) is 0 Å². The third kappa shape index (κ3) is 2.78. The maximum absolute atomic E-state index is 12.0. The Kier molecular flexibility index (Phi) is 3.89. The molecule has 1 aromatic heterocycles. The monoisotopic (exact) mass is 256 g/mol. The van der Waals surface area contributed by atoms with E-state index in [4.69, 9.17) is 0 Å². The first-order chi connectivity index (χ1) is 7.66. The fourth-order valence-corrected chi connectivity index (χ4v) is 3.58. The quantitative estimate of drug-likeness (QED) is 0.893. The SMILES string of the molecule is Cc1ccc(CN(C)C(=O)C2CSCN2)s1. The van der Waals surface area contributed by atoms with Crippen molar-refractivity contribution in [3.8, 4) is 0 Å². The minimum atomic E-state index is 0.0102. The number of thioether (sulfide) groups is 1. The lowest BCUT2D eigenvalue weighted by Gasteiger charge is -2.20. The molecular weight excluding hydrogens is 240 g/mol. The molecular formula is C11H16N2OS2. The van der Waals surface area contributed by atoms with Crippen LogP contribution in [0.15, 0.2) is 12.1 Å². The molecule has 1 atom stereocenters. The Morgan fingerprint density at radius 2 is 2.44 bits per heavy atom. The number of amides is 1. The van der Waals surface area contributed by atoms with E-state index in [1.54, 1.807) is 23.1 Å². The molecule has 0 radical (unpaired) electrons. The van der Waals surface area contributed by atoms with Crippen LogP contribution < -0.4 is 5.32 Å². The summed E-state index contributed by atoms with van der Waals surface area (Å²) >= 11 is 3.54. The lowest BCUT2D eigenvalue weighted by Crippen LogP contribution is -2.42. The number of aryl methyl sites for hydroxylation is 1. The fourth-order valence-electron chi connectivity index (χ4n) is 1.70. The summed E-state index contributed by atoms with van der Waals surface area (Å²) in [7, 11) is 1.88. The van der Waals surface area contributed by atoms with Gasteiger partial charge in [0, 0.05) is 28.4 Å². The highest BCUT2D eigenvalue weighted by Gasteiger charge is 2.25. The van der Waals surface area contributed by atoms with Crippen molar-refractivity contribution in [1.29, 1.82) is 0 Å². The first-order valence-electron chi connectivity index (χ1n) is 5.28. The lowest BCUT2D eigenvalue weighted by molar-refractivity contribution is -0.131. The van der Waals surface area contributed by atoms with Gasteiger partial charge in [0.15, 0.2) is 0 Å². The average Bonchev–Trinajstić information content (AvgIpc) is 2.88. The topological polar surface area (TPSA) is 32.3 Å². The number of nitrogens with zero attached hydrogens (tertiary/aromatic N) is 1. The van der Waals surface area contributed by atoms with Gasteiger partial charge in [-0.3, -0.25) is 10.1 Å². The van der Waals surface area contributed by atoms with Crippen LogP contribution in [0.5, 0.6) is 0 Å². The van der Waals surface area contributed by atoms with Gasteiger partial charge in [0.2, 0.25) is 5.91 Å². The van der Waals surface area contributed by atoms with Gasteiger partial charge >= 0.3 is 0 Å². The molecule has 16 heavy (non-hydrogen) atoms. The van der Waals surface area contributed by atoms with Crippen LogP contribution in [-0.4, -0.2) is 35.5 Å². The minimum absolute atomic E-state index is 0.0102. The summed E-state index contributed by atoms with van der Waals surface area (Å²) in [6.45, 7) is 2.81. The Labute approximate surface area is 104 Å². The summed E-state index contributed by atoms with van der Waals surface area (Å²) in [5.41, 5.74) is 0. The molecule has 0 saturated carbocycles. The molecule has 5 heteroatoms. The summed E-state index contributed by atoms with van der Waals surface area (Å²) in [4.78, 5) is 16.4. The second-order valence-electron chi connectivity index (χ2n) is 3.98. The predicted molar refractivity (Wildman–Crippen MR) is 69.8 cm³/mol. The first kappa shape index (κ1) is 12.0. The van der Waals surface area contributed by atoms with Gasteiger partial charge in [-0.15, -0.1) is 23.1 Å². The zero-order valence-electron chi connectivity index (χ0n) is 9.53. The molecule has 0 aromatic carbocycles. The normalized spacial score (nSPS) is 20.0. The Bertz CT molecular complexity index is 372. The van der Waals surface area contributed by atoms with E-state index in [1.165, 1.54) is 9.75 Å². The van der Waals surface area contributed by atoms with Crippen LogP contribution in [0, 0.1) is 6.92 Å². The van der Waals surface area contributed by atoms with Crippen LogP contribution in [0.1, 0.15) is 9.75 Å². The molecule has 1 aromatic rings. The molecule has 0 spiro atoms. The number of likely N-dealkylation sites (N-methyl/N-ethyl adjacent to an activating group) is 1. The average molecular weight is 256 g/mol. The molecule has 1 fully saturated rings. The third-order valence-electron chi connectivity index (χ3n) is 2.58. The largest absolute Gasteiger partial charge is 0.339 e. The molecule has 2 heterocycles. The van der Waals surface area contributed by atoms with Gasteiger partial charge in [0.05, 0.1) is 12.6 Å². The number of hydrogen-bond donors (Lipinski definition) is 1. The molecule has 2 rings (SSSR count). The highest BCUT2D eigenvalue weighted by atomic mass is 32.2. The molecule has 3 nitrogen and oxygen atoms in total. The number of nitrogens with one attached hydrogen (secondary N) is 1. The maximum Gasteiger partial charge on any atom is 0.240 e. The summed E-state index contributed by atoms with van der Waals surface area (Å²) < 4.78 is 0. The fraction of sp³-hybridized carbons (Fsp3) is 0.545. The van der Waals surface area contributed by atoms with E-state index in [0.29, 0.717) is 0 Å². The van der Waals surface area contributed by atoms with Crippen LogP contribution in [-0.2, 0) is 11.3 Å². The van der Waals surface area contributed by atoms with Crippen molar-refractivity contribution in [3.05, 3.63) is 21.9 Å². The Morgan fingerprint density at radius 3 is 3.00 bits per heavy atom. The highest BCUT2D eigenvalue weighted by Crippen LogP contribution is 2.18. The number of carbonyl (C=O) groups is 1. The summed E-state index contributed by atoms with van der Waals surface area (Å²) in [6.07, 6.45) is 0. The summed E-state index contributed by atoms with van der Waals surface area (Å²) in [5, 5.41) is 3.20. The van der Waals surface area contributed by atoms with Gasteiger partial charge < -0.3 is 4.90 Å². The van der Waals surface area contributed by atoms with Crippen LogP contribution in [0.25, 0.3) is 0 Å². The molecule has 88 valence electrons. The van der Waals surface area contributed by atoms with E-state index < -0.39 is 0 Å². The van der Waals surface area contributed by atoms with E-state index in [0.717, 1.165) is 18.2 Å². The number of hydrogen-bond acceptors (Lipinski definition) is 4. The Morgan fingerprint density at radius 1 is 1.62 bits per heavy atom. The van der Waals surface area contributed by atoms with E-state index >= 15 is 0 Å². The molecule has 0 bridgehead atoms. The van der Waals surface area contributed by atoms with Crippen molar-refractivity contribution in [2.45, 2.75) is 19.5 Å². The van der Waals surface area contributed by atoms with Gasteiger partial charge in [-0.25, -0.2) is 0 Å². The van der Waals surface area contributed by atoms with E-state index in [2.05, 4.69) is 24.4 Å². The first-order valence-corrected chi connectivity index (χ1v) is 7.25. The van der Waals surface area contributed by atoms with Gasteiger partial charge in [0.1, 0.15) is 0 Å². The standard InChI is InChI=1S/C11H16N2OS2/c1-8-3-4-9(16-8)5-13(2)11(14)10-6-15-7-12-10/h3-4,10,12H,5-7H2,1-2H3. The maximum atomic E-state index is 12.0. The smallest absolute Gasteiger partial charge is 0.240 e. The second kappa shape index (κ2) is 5.21. The minimum Gasteiger partial charge on any atom is -0.339 e. The van der Waals surface area contributed by atoms with Crippen LogP contribution in [0.4, 0.5) is 0 Å². The second-order valence-corrected chi connectivity index (χ2v) is 6.38. The zero-order chi connectivity index (χ0) is 11.5. The molecule has 1 saturated heterocycles. The molecule has 1 N–H and O–H groups in total. The van der Waals surface area contributed by atoms with Crippen molar-refractivity contribution in [2.75, 3.05) is 18.7 Å². The molecule has 1 aliphatic heterocycles.